The van der Waals surface area contributed by atoms with Gasteiger partial charge in [-0.3, -0.25) is 4.90 Å². The van der Waals surface area contributed by atoms with Gasteiger partial charge in [-0.15, -0.1) is 10.2 Å². The summed E-state index contributed by atoms with van der Waals surface area (Å²) in [7, 11) is 0. The highest BCUT2D eigenvalue weighted by Crippen LogP contribution is 2.13. The first kappa shape index (κ1) is 16.1. The van der Waals surface area contributed by atoms with Crippen LogP contribution in [0.5, 0.6) is 0 Å². The lowest BCUT2D eigenvalue weighted by molar-refractivity contribution is 0.00535. The molecule has 1 aliphatic rings. The van der Waals surface area contributed by atoms with Crippen molar-refractivity contribution in [3.8, 4) is 0 Å². The third kappa shape index (κ3) is 4.16. The maximum absolute atomic E-state index is 10.2. The molecule has 1 N–H and O–H groups in total. The molecule has 6 nitrogen and oxygen atoms in total. The van der Waals surface area contributed by atoms with E-state index in [2.05, 4.69) is 26.6 Å². The van der Waals surface area contributed by atoms with E-state index < -0.39 is 6.10 Å². The van der Waals surface area contributed by atoms with Gasteiger partial charge in [0.25, 0.3) is 0 Å². The highest BCUT2D eigenvalue weighted by molar-refractivity contribution is 5.13. The predicted molar refractivity (Wildman–Crippen MR) is 86.8 cm³/mol. The molecule has 23 heavy (non-hydrogen) atoms. The lowest BCUT2D eigenvalue weighted by Crippen LogP contribution is -2.40. The van der Waals surface area contributed by atoms with E-state index in [-0.39, 0.29) is 0 Å². The highest BCUT2D eigenvalue weighted by Gasteiger charge is 2.22. The SMILES string of the molecule is CCc1nnc2n1CCN(C[C@H](O)COCc1ccccc1)C2. The van der Waals surface area contributed by atoms with Gasteiger partial charge in [0.15, 0.2) is 0 Å². The van der Waals surface area contributed by atoms with Crippen molar-refractivity contribution in [2.45, 2.75) is 39.1 Å². The summed E-state index contributed by atoms with van der Waals surface area (Å²) < 4.78 is 7.79. The molecule has 6 heteroatoms. The van der Waals surface area contributed by atoms with Gasteiger partial charge < -0.3 is 14.4 Å². The number of β-amino-alcohol motifs (C(OH)–C–C–N with tert-alkyl or cyclic N) is 1. The molecule has 0 amide bonds. The summed E-state index contributed by atoms with van der Waals surface area (Å²) in [4.78, 5) is 2.21. The van der Waals surface area contributed by atoms with Crippen molar-refractivity contribution in [1.29, 1.82) is 0 Å². The molecule has 124 valence electrons. The zero-order valence-electron chi connectivity index (χ0n) is 13.6. The molecule has 1 atom stereocenters. The first-order valence-electron chi connectivity index (χ1n) is 8.19. The lowest BCUT2D eigenvalue weighted by atomic mass is 10.2. The van der Waals surface area contributed by atoms with Crippen LogP contribution in [0, 0.1) is 0 Å². The molecule has 0 radical (unpaired) electrons. The van der Waals surface area contributed by atoms with Crippen LogP contribution >= 0.6 is 0 Å². The van der Waals surface area contributed by atoms with Crippen molar-refractivity contribution in [3.63, 3.8) is 0 Å². The molecular formula is C17H24N4O2. The Hall–Kier alpha value is -1.76. The number of hydrogen-bond acceptors (Lipinski definition) is 5. The zero-order valence-corrected chi connectivity index (χ0v) is 13.6. The van der Waals surface area contributed by atoms with Gasteiger partial charge in [0, 0.05) is 26.1 Å². The first-order chi connectivity index (χ1) is 11.3. The molecule has 0 spiro atoms. The number of benzene rings is 1. The summed E-state index contributed by atoms with van der Waals surface area (Å²) in [6.07, 6.45) is 0.419. The van der Waals surface area contributed by atoms with Crippen molar-refractivity contribution in [2.24, 2.45) is 0 Å². The fourth-order valence-corrected chi connectivity index (χ4v) is 2.92. The zero-order chi connectivity index (χ0) is 16.1. The number of aliphatic hydroxyl groups is 1. The molecular weight excluding hydrogens is 292 g/mol. The monoisotopic (exact) mass is 316 g/mol. The van der Waals surface area contributed by atoms with Crippen LogP contribution in [0.2, 0.25) is 0 Å². The van der Waals surface area contributed by atoms with Gasteiger partial charge in [0.1, 0.15) is 11.6 Å². The smallest absolute Gasteiger partial charge is 0.147 e. The molecule has 1 aromatic carbocycles. The van der Waals surface area contributed by atoms with Gasteiger partial charge in [-0.25, -0.2) is 0 Å². The molecule has 3 rings (SSSR count). The standard InChI is InChI=1S/C17H24N4O2/c1-2-16-18-19-17-11-20(8-9-21(16)17)10-15(22)13-23-12-14-6-4-3-5-7-14/h3-7,15,22H,2,8-13H2,1H3/t15-/m0/s1. The molecule has 0 unspecified atom stereocenters. The molecule has 0 aliphatic carbocycles. The third-order valence-corrected chi connectivity index (χ3v) is 4.12. The van der Waals surface area contributed by atoms with Gasteiger partial charge >= 0.3 is 0 Å². The van der Waals surface area contributed by atoms with Gasteiger partial charge in [0.05, 0.1) is 25.9 Å². The topological polar surface area (TPSA) is 63.4 Å². The molecule has 0 saturated carbocycles. The minimum atomic E-state index is -0.487. The number of aromatic nitrogens is 3. The van der Waals surface area contributed by atoms with E-state index in [0.29, 0.717) is 19.8 Å². The Morgan fingerprint density at radius 1 is 1.22 bits per heavy atom. The van der Waals surface area contributed by atoms with Gasteiger partial charge in [-0.1, -0.05) is 37.3 Å². The summed E-state index contributed by atoms with van der Waals surface area (Å²) in [6.45, 7) is 6.12. The fraction of sp³-hybridized carbons (Fsp3) is 0.529. The van der Waals surface area contributed by atoms with E-state index in [1.165, 1.54) is 0 Å². The van der Waals surface area contributed by atoms with E-state index in [0.717, 1.165) is 43.3 Å². The molecule has 2 aromatic rings. The number of ether oxygens (including phenoxy) is 1. The minimum Gasteiger partial charge on any atom is -0.389 e. The van der Waals surface area contributed by atoms with E-state index >= 15 is 0 Å². The average Bonchev–Trinajstić information content (AvgIpc) is 2.98. The average molecular weight is 316 g/mol. The van der Waals surface area contributed by atoms with Crippen LogP contribution in [0.3, 0.4) is 0 Å². The minimum absolute atomic E-state index is 0.346. The highest BCUT2D eigenvalue weighted by atomic mass is 16.5. The van der Waals surface area contributed by atoms with E-state index in [9.17, 15) is 5.11 Å². The fourth-order valence-electron chi connectivity index (χ4n) is 2.92. The van der Waals surface area contributed by atoms with E-state index in [4.69, 9.17) is 4.74 Å². The maximum atomic E-state index is 10.2. The normalized spacial score (nSPS) is 16.3. The number of aliphatic hydroxyl groups excluding tert-OH is 1. The van der Waals surface area contributed by atoms with Crippen molar-refractivity contribution in [1.82, 2.24) is 19.7 Å². The predicted octanol–water partition coefficient (Wildman–Crippen LogP) is 1.23. The largest absolute Gasteiger partial charge is 0.389 e. The first-order valence-corrected chi connectivity index (χ1v) is 8.19. The lowest BCUT2D eigenvalue weighted by Gasteiger charge is -2.29. The van der Waals surface area contributed by atoms with Crippen LogP contribution in [-0.4, -0.2) is 50.6 Å². The molecule has 1 aliphatic heterocycles. The Kier molecular flexibility index (Phi) is 5.38. The Morgan fingerprint density at radius 2 is 2.04 bits per heavy atom. The summed E-state index contributed by atoms with van der Waals surface area (Å²) in [5, 5.41) is 18.6. The van der Waals surface area contributed by atoms with Crippen molar-refractivity contribution in [2.75, 3.05) is 19.7 Å². The van der Waals surface area contributed by atoms with Crippen LogP contribution in [0.1, 0.15) is 24.1 Å². The second-order valence-corrected chi connectivity index (χ2v) is 5.93. The molecule has 1 aromatic heterocycles. The van der Waals surface area contributed by atoms with Crippen LogP contribution in [0.25, 0.3) is 0 Å². The molecule has 2 heterocycles. The van der Waals surface area contributed by atoms with Crippen LogP contribution in [0.15, 0.2) is 30.3 Å². The number of aryl methyl sites for hydroxylation is 1. The quantitative estimate of drug-likeness (QED) is 0.832. The molecule has 0 bridgehead atoms. The molecule has 0 fully saturated rings. The summed E-state index contributed by atoms with van der Waals surface area (Å²) in [6, 6.07) is 10.0. The third-order valence-electron chi connectivity index (χ3n) is 4.12. The number of nitrogens with zero attached hydrogens (tertiary/aromatic N) is 4. The molecule has 0 saturated heterocycles. The summed E-state index contributed by atoms with van der Waals surface area (Å²) in [5.41, 5.74) is 1.12. The summed E-state index contributed by atoms with van der Waals surface area (Å²) in [5.74, 6) is 2.04. The van der Waals surface area contributed by atoms with Crippen LogP contribution in [-0.2, 0) is 30.9 Å². The Bertz CT molecular complexity index is 614. The van der Waals surface area contributed by atoms with Gasteiger partial charge in [-0.2, -0.15) is 0 Å². The second-order valence-electron chi connectivity index (χ2n) is 5.93. The van der Waals surface area contributed by atoms with Crippen molar-refractivity contribution < 1.29 is 9.84 Å². The second kappa shape index (κ2) is 7.68. The Labute approximate surface area is 136 Å². The maximum Gasteiger partial charge on any atom is 0.147 e. The van der Waals surface area contributed by atoms with Crippen LogP contribution in [0.4, 0.5) is 0 Å². The van der Waals surface area contributed by atoms with Gasteiger partial charge in [-0.05, 0) is 5.56 Å². The Morgan fingerprint density at radius 3 is 2.83 bits per heavy atom. The van der Waals surface area contributed by atoms with Crippen LogP contribution < -0.4 is 0 Å². The summed E-state index contributed by atoms with van der Waals surface area (Å²) >= 11 is 0. The number of rotatable bonds is 7. The van der Waals surface area contributed by atoms with Gasteiger partial charge in [0.2, 0.25) is 0 Å². The van der Waals surface area contributed by atoms with E-state index in [1.807, 2.05) is 30.3 Å². The number of fused-ring (bicyclic) bond motifs is 1. The Balaban J connectivity index is 1.43. The van der Waals surface area contributed by atoms with Crippen molar-refractivity contribution >= 4 is 0 Å². The van der Waals surface area contributed by atoms with Crippen molar-refractivity contribution in [3.05, 3.63) is 47.5 Å². The van der Waals surface area contributed by atoms with E-state index in [1.54, 1.807) is 0 Å². The number of hydrogen-bond donors (Lipinski definition) is 1.